The first-order chi connectivity index (χ1) is 17.1. The third kappa shape index (κ3) is 5.82. The fraction of sp³-hybridized carbons (Fsp3) is 0.500. The van der Waals surface area contributed by atoms with Crippen molar-refractivity contribution in [2.75, 3.05) is 31.5 Å². The Kier molecular flexibility index (Phi) is 8.18. The predicted octanol–water partition coefficient (Wildman–Crippen LogP) is 3.91. The number of hydrogen-bond donors (Lipinski definition) is 1. The van der Waals surface area contributed by atoms with Gasteiger partial charge in [-0.2, -0.15) is 8.61 Å². The van der Waals surface area contributed by atoms with Crippen LogP contribution in [0.4, 0.5) is 5.69 Å². The number of carbonyl (C=O) groups excluding carboxylic acids is 1. The minimum absolute atomic E-state index is 0.177. The van der Waals surface area contributed by atoms with Crippen molar-refractivity contribution in [3.05, 3.63) is 53.6 Å². The summed E-state index contributed by atoms with van der Waals surface area (Å²) in [6, 6.07) is 11.5. The molecule has 8 nitrogen and oxygen atoms in total. The van der Waals surface area contributed by atoms with Gasteiger partial charge in [-0.1, -0.05) is 25.0 Å². The minimum atomic E-state index is -3.62. The molecule has 0 aliphatic carbocycles. The van der Waals surface area contributed by atoms with Gasteiger partial charge in [-0.3, -0.25) is 4.79 Å². The molecule has 2 aromatic rings. The molecule has 1 amide bonds. The molecule has 2 aliphatic rings. The molecule has 0 spiro atoms. The number of aryl methyl sites for hydroxylation is 2. The summed E-state index contributed by atoms with van der Waals surface area (Å²) in [6.07, 6.45) is 4.59. The highest BCUT2D eigenvalue weighted by Gasteiger charge is 2.32. The summed E-state index contributed by atoms with van der Waals surface area (Å²) in [7, 11) is -7.23. The van der Waals surface area contributed by atoms with E-state index >= 15 is 0 Å². The van der Waals surface area contributed by atoms with Crippen molar-refractivity contribution in [1.82, 2.24) is 8.61 Å². The Morgan fingerprint density at radius 2 is 1.33 bits per heavy atom. The van der Waals surface area contributed by atoms with E-state index in [1.807, 2.05) is 19.9 Å². The number of nitrogens with one attached hydrogen (secondary N) is 1. The van der Waals surface area contributed by atoms with Gasteiger partial charge < -0.3 is 5.32 Å². The summed E-state index contributed by atoms with van der Waals surface area (Å²) < 4.78 is 55.3. The summed E-state index contributed by atoms with van der Waals surface area (Å²) >= 11 is 0. The van der Waals surface area contributed by atoms with Crippen LogP contribution < -0.4 is 5.32 Å². The summed E-state index contributed by atoms with van der Waals surface area (Å²) in [6.45, 7) is 5.38. The number of rotatable bonds is 6. The quantitative estimate of drug-likeness (QED) is 0.606. The van der Waals surface area contributed by atoms with E-state index in [1.165, 1.54) is 14.7 Å². The molecule has 10 heteroatoms. The van der Waals surface area contributed by atoms with Crippen molar-refractivity contribution >= 4 is 31.6 Å². The Balaban J connectivity index is 1.39. The molecular weight excluding hydrogens is 498 g/mol. The molecule has 0 aromatic heterocycles. The van der Waals surface area contributed by atoms with Crippen LogP contribution in [0.1, 0.15) is 49.7 Å². The zero-order chi connectivity index (χ0) is 25.9. The van der Waals surface area contributed by atoms with E-state index in [4.69, 9.17) is 0 Å². The summed E-state index contributed by atoms with van der Waals surface area (Å²) in [4.78, 5) is 13.4. The van der Waals surface area contributed by atoms with Crippen molar-refractivity contribution < 1.29 is 21.6 Å². The average Bonchev–Trinajstić information content (AvgIpc) is 3.16. The van der Waals surface area contributed by atoms with E-state index < -0.39 is 20.0 Å². The van der Waals surface area contributed by atoms with Crippen molar-refractivity contribution in [3.63, 3.8) is 0 Å². The van der Waals surface area contributed by atoms with E-state index in [9.17, 15) is 21.6 Å². The highest BCUT2D eigenvalue weighted by molar-refractivity contribution is 7.89. The monoisotopic (exact) mass is 533 g/mol. The topological polar surface area (TPSA) is 104 Å². The third-order valence-electron chi connectivity index (χ3n) is 7.25. The number of carbonyl (C=O) groups is 1. The Labute approximate surface area is 214 Å². The van der Waals surface area contributed by atoms with Gasteiger partial charge in [-0.05, 0) is 81.0 Å². The lowest BCUT2D eigenvalue weighted by Gasteiger charge is -2.30. The average molecular weight is 534 g/mol. The van der Waals surface area contributed by atoms with Gasteiger partial charge in [0.05, 0.1) is 9.79 Å². The van der Waals surface area contributed by atoms with Crippen LogP contribution in [0.15, 0.2) is 52.3 Å². The summed E-state index contributed by atoms with van der Waals surface area (Å²) in [5.41, 5.74) is 2.39. The standard InChI is InChI=1S/C26H35N3O5S2/c1-20-10-11-25(18-21(20)2)36(33,34)29-16-12-22(13-17-29)26(30)27-23-8-7-9-24(19-23)35(31,32)28-14-5-3-4-6-15-28/h7-11,18-19,22H,3-6,12-17H2,1-2H3,(H,27,30). The maximum Gasteiger partial charge on any atom is 0.243 e. The molecule has 2 fully saturated rings. The van der Waals surface area contributed by atoms with Crippen molar-refractivity contribution in [3.8, 4) is 0 Å². The first-order valence-corrected chi connectivity index (χ1v) is 15.5. The van der Waals surface area contributed by atoms with E-state index in [0.717, 1.165) is 36.8 Å². The lowest BCUT2D eigenvalue weighted by molar-refractivity contribution is -0.120. The molecule has 0 radical (unpaired) electrons. The van der Waals surface area contributed by atoms with Crippen LogP contribution in [0.3, 0.4) is 0 Å². The van der Waals surface area contributed by atoms with Gasteiger partial charge >= 0.3 is 0 Å². The number of piperidine rings is 1. The fourth-order valence-corrected chi connectivity index (χ4v) is 7.91. The molecule has 36 heavy (non-hydrogen) atoms. The number of nitrogens with zero attached hydrogens (tertiary/aromatic N) is 2. The van der Waals surface area contributed by atoms with Crippen LogP contribution in [0, 0.1) is 19.8 Å². The fourth-order valence-electron chi connectivity index (χ4n) is 4.79. The van der Waals surface area contributed by atoms with Crippen LogP contribution in [-0.2, 0) is 24.8 Å². The second kappa shape index (κ2) is 11.0. The van der Waals surface area contributed by atoms with Crippen LogP contribution in [0.25, 0.3) is 0 Å². The molecular formula is C26H35N3O5S2. The zero-order valence-electron chi connectivity index (χ0n) is 20.9. The first-order valence-electron chi connectivity index (χ1n) is 12.6. The molecule has 0 unspecified atom stereocenters. The van der Waals surface area contributed by atoms with E-state index in [-0.39, 0.29) is 34.7 Å². The molecule has 0 bridgehead atoms. The third-order valence-corrected chi connectivity index (χ3v) is 11.0. The number of anilines is 1. The van der Waals surface area contributed by atoms with Gasteiger partial charge in [0.1, 0.15) is 0 Å². The van der Waals surface area contributed by atoms with Gasteiger partial charge in [-0.25, -0.2) is 16.8 Å². The summed E-state index contributed by atoms with van der Waals surface area (Å²) in [5.74, 6) is -0.565. The molecule has 0 atom stereocenters. The van der Waals surface area contributed by atoms with Crippen molar-refractivity contribution in [2.24, 2.45) is 5.92 Å². The maximum absolute atomic E-state index is 13.1. The molecule has 0 saturated carbocycles. The minimum Gasteiger partial charge on any atom is -0.326 e. The highest BCUT2D eigenvalue weighted by Crippen LogP contribution is 2.27. The lowest BCUT2D eigenvalue weighted by atomic mass is 9.97. The lowest BCUT2D eigenvalue weighted by Crippen LogP contribution is -2.41. The number of hydrogen-bond acceptors (Lipinski definition) is 5. The summed E-state index contributed by atoms with van der Waals surface area (Å²) in [5, 5.41) is 2.85. The van der Waals surface area contributed by atoms with E-state index in [2.05, 4.69) is 5.32 Å². The SMILES string of the molecule is Cc1ccc(S(=O)(=O)N2CCC(C(=O)Nc3cccc(S(=O)(=O)N4CCCCCC4)c3)CC2)cc1C. The smallest absolute Gasteiger partial charge is 0.243 e. The molecule has 2 aliphatic heterocycles. The second-order valence-electron chi connectivity index (χ2n) is 9.76. The Morgan fingerprint density at radius 1 is 0.750 bits per heavy atom. The maximum atomic E-state index is 13.1. The predicted molar refractivity (Wildman–Crippen MR) is 140 cm³/mol. The Hall–Kier alpha value is -2.27. The number of benzene rings is 2. The Bertz CT molecular complexity index is 1310. The van der Waals surface area contributed by atoms with Crippen molar-refractivity contribution in [1.29, 1.82) is 0 Å². The zero-order valence-corrected chi connectivity index (χ0v) is 22.6. The van der Waals surface area contributed by atoms with Crippen molar-refractivity contribution in [2.45, 2.75) is 62.2 Å². The van der Waals surface area contributed by atoms with Crippen LogP contribution in [-0.4, -0.2) is 57.5 Å². The van der Waals surface area contributed by atoms with Crippen LogP contribution in [0.5, 0.6) is 0 Å². The van der Waals surface area contributed by atoms with Gasteiger partial charge in [0, 0.05) is 37.8 Å². The van der Waals surface area contributed by atoms with E-state index in [0.29, 0.717) is 31.6 Å². The van der Waals surface area contributed by atoms with Gasteiger partial charge in [0.2, 0.25) is 26.0 Å². The molecule has 2 aromatic carbocycles. The molecule has 196 valence electrons. The van der Waals surface area contributed by atoms with Crippen LogP contribution in [0.2, 0.25) is 0 Å². The highest BCUT2D eigenvalue weighted by atomic mass is 32.2. The molecule has 4 rings (SSSR count). The number of amides is 1. The second-order valence-corrected chi connectivity index (χ2v) is 13.6. The number of sulfonamides is 2. The van der Waals surface area contributed by atoms with Crippen LogP contribution >= 0.6 is 0 Å². The van der Waals surface area contributed by atoms with Gasteiger partial charge in [0.25, 0.3) is 0 Å². The molecule has 1 N–H and O–H groups in total. The molecule has 2 saturated heterocycles. The van der Waals surface area contributed by atoms with E-state index in [1.54, 1.807) is 30.3 Å². The normalized spacial score (nSPS) is 19.1. The first kappa shape index (κ1) is 26.8. The van der Waals surface area contributed by atoms with Gasteiger partial charge in [0.15, 0.2) is 0 Å². The van der Waals surface area contributed by atoms with Gasteiger partial charge in [-0.15, -0.1) is 0 Å². The Morgan fingerprint density at radius 3 is 1.94 bits per heavy atom. The largest absolute Gasteiger partial charge is 0.326 e. The molecule has 2 heterocycles.